The first-order valence-electron chi connectivity index (χ1n) is 12.1. The molecule has 0 radical (unpaired) electrons. The van der Waals surface area contributed by atoms with E-state index in [0.717, 1.165) is 46.8 Å². The molecule has 2 atom stereocenters. The number of aromatic nitrogens is 5. The van der Waals surface area contributed by atoms with Crippen LogP contribution < -0.4 is 10.6 Å². The maximum Gasteiger partial charge on any atom is 0.225 e. The molecular weight excluding hydrogens is 522 g/mol. The third kappa shape index (κ3) is 4.67. The molecule has 9 nitrogen and oxygen atoms in total. The molecule has 188 valence electrons. The van der Waals surface area contributed by atoms with Crippen molar-refractivity contribution in [2.75, 3.05) is 12.4 Å². The zero-order chi connectivity index (χ0) is 25.7. The third-order valence-corrected chi connectivity index (χ3v) is 7.45. The number of nitrogens with one attached hydrogen (secondary N) is 2. The summed E-state index contributed by atoms with van der Waals surface area (Å²) >= 11 is 3.55. The van der Waals surface area contributed by atoms with Crippen LogP contribution in [0.2, 0.25) is 0 Å². The number of carbonyl (C=O) groups excluding carboxylic acids is 1. The number of hydrogen-bond acceptors (Lipinski definition) is 7. The molecule has 3 heterocycles. The predicted octanol–water partition coefficient (Wildman–Crippen LogP) is 4.16. The Labute approximate surface area is 217 Å². The molecule has 1 fully saturated rings. The summed E-state index contributed by atoms with van der Waals surface area (Å²) in [7, 11) is 1.68. The fourth-order valence-corrected chi connectivity index (χ4v) is 5.58. The topological polar surface area (TPSA) is 118 Å². The van der Waals surface area contributed by atoms with Crippen LogP contribution in [0, 0.1) is 5.41 Å². The lowest BCUT2D eigenvalue weighted by Gasteiger charge is -2.22. The number of fused-ring (bicyclic) bond motifs is 2. The van der Waals surface area contributed by atoms with E-state index in [2.05, 4.69) is 36.5 Å². The maximum atomic E-state index is 12.3. The van der Waals surface area contributed by atoms with Crippen LogP contribution in [0.15, 0.2) is 41.3 Å². The molecule has 0 saturated heterocycles. The first-order valence-corrected chi connectivity index (χ1v) is 12.9. The van der Waals surface area contributed by atoms with Gasteiger partial charge in [-0.25, -0.2) is 9.67 Å². The van der Waals surface area contributed by atoms with Gasteiger partial charge in [-0.05, 0) is 72.8 Å². The Bertz CT molecular complexity index is 1460. The van der Waals surface area contributed by atoms with Crippen LogP contribution >= 0.6 is 15.9 Å². The Morgan fingerprint density at radius 1 is 1.33 bits per heavy atom. The molecule has 1 aliphatic rings. The fourth-order valence-electron chi connectivity index (χ4n) is 5.15. The Balaban J connectivity index is 1.53. The Hall–Kier alpha value is -3.11. The molecule has 0 bridgehead atoms. The van der Waals surface area contributed by atoms with Gasteiger partial charge in [-0.1, -0.05) is 13.0 Å². The summed E-state index contributed by atoms with van der Waals surface area (Å²) < 4.78 is 2.43. The van der Waals surface area contributed by atoms with Crippen LogP contribution in [-0.2, 0) is 11.2 Å². The first kappa shape index (κ1) is 24.6. The molecular formula is C26H30BrN7O2. The van der Waals surface area contributed by atoms with Crippen molar-refractivity contribution in [3.8, 4) is 5.69 Å². The lowest BCUT2D eigenvalue weighted by Crippen LogP contribution is -2.35. The second kappa shape index (κ2) is 9.08. The molecule has 3 N–H and O–H groups in total. The third-order valence-electron chi connectivity index (χ3n) is 6.87. The van der Waals surface area contributed by atoms with Gasteiger partial charge in [0.1, 0.15) is 4.60 Å². The summed E-state index contributed by atoms with van der Waals surface area (Å²) in [5.41, 5.74) is 1.99. The monoisotopic (exact) mass is 551 g/mol. The van der Waals surface area contributed by atoms with Crippen molar-refractivity contribution in [1.82, 2.24) is 30.0 Å². The van der Waals surface area contributed by atoms with Crippen molar-refractivity contribution >= 4 is 49.7 Å². The smallest absolute Gasteiger partial charge is 0.225 e. The first-order chi connectivity index (χ1) is 17.1. The Morgan fingerprint density at radius 3 is 2.89 bits per heavy atom. The number of pyridine rings is 1. The molecule has 0 aliphatic heterocycles. The van der Waals surface area contributed by atoms with Crippen molar-refractivity contribution in [3.63, 3.8) is 0 Å². The zero-order valence-electron chi connectivity index (χ0n) is 20.8. The second-order valence-electron chi connectivity index (χ2n) is 10.5. The van der Waals surface area contributed by atoms with Gasteiger partial charge < -0.3 is 15.7 Å². The SMILES string of the molecule is CNC(=O)[C@]1(C)CC[C@@H](Nc2ncc3c(Br)nn(-c4cc(CC(C)(C)O)c5ncccc5c4)c3n2)C1. The summed E-state index contributed by atoms with van der Waals surface area (Å²) in [6, 6.07) is 8.04. The quantitative estimate of drug-likeness (QED) is 0.329. The number of halogens is 1. The van der Waals surface area contributed by atoms with Gasteiger partial charge in [0.2, 0.25) is 11.9 Å². The number of hydrogen-bond donors (Lipinski definition) is 3. The number of carbonyl (C=O) groups is 1. The fraction of sp³-hybridized carbons (Fsp3) is 0.423. The molecule has 1 aliphatic carbocycles. The van der Waals surface area contributed by atoms with E-state index in [4.69, 9.17) is 10.1 Å². The zero-order valence-corrected chi connectivity index (χ0v) is 22.4. The number of nitrogens with zero attached hydrogens (tertiary/aromatic N) is 5. The molecule has 10 heteroatoms. The summed E-state index contributed by atoms with van der Waals surface area (Å²) in [6.07, 6.45) is 6.36. The normalized spacial score (nSPS) is 20.2. The Morgan fingerprint density at radius 2 is 2.14 bits per heavy atom. The largest absolute Gasteiger partial charge is 0.390 e. The molecule has 36 heavy (non-hydrogen) atoms. The molecule has 1 saturated carbocycles. The molecule has 0 spiro atoms. The van der Waals surface area contributed by atoms with Crippen LogP contribution in [0.4, 0.5) is 5.95 Å². The van der Waals surface area contributed by atoms with Crippen molar-refractivity contribution in [2.24, 2.45) is 5.41 Å². The van der Waals surface area contributed by atoms with Crippen molar-refractivity contribution < 1.29 is 9.90 Å². The predicted molar refractivity (Wildman–Crippen MR) is 143 cm³/mol. The number of benzene rings is 1. The van der Waals surface area contributed by atoms with Crippen molar-refractivity contribution in [2.45, 2.75) is 58.1 Å². The Kier molecular flexibility index (Phi) is 6.20. The van der Waals surface area contributed by atoms with Gasteiger partial charge in [-0.3, -0.25) is 9.78 Å². The molecule has 1 aromatic carbocycles. The van der Waals surface area contributed by atoms with Gasteiger partial charge in [0.05, 0.1) is 22.2 Å². The minimum atomic E-state index is -0.889. The van der Waals surface area contributed by atoms with Gasteiger partial charge >= 0.3 is 0 Å². The minimum absolute atomic E-state index is 0.0674. The van der Waals surface area contributed by atoms with E-state index in [-0.39, 0.29) is 11.9 Å². The lowest BCUT2D eigenvalue weighted by molar-refractivity contribution is -0.129. The lowest BCUT2D eigenvalue weighted by atomic mass is 9.87. The van der Waals surface area contributed by atoms with Crippen LogP contribution in [0.25, 0.3) is 27.6 Å². The molecule has 0 unspecified atom stereocenters. The number of amides is 1. The number of anilines is 1. The van der Waals surface area contributed by atoms with E-state index in [1.165, 1.54) is 0 Å². The van der Waals surface area contributed by atoms with Gasteiger partial charge in [-0.2, -0.15) is 10.1 Å². The standard InChI is InChI=1S/C26H30BrN7O2/c1-25(2,36)12-16-11-18(10-15-6-5-9-29-20(15)16)34-22-19(21(27)33-34)14-30-24(32-22)31-17-7-8-26(3,13-17)23(35)28-4/h5-6,9-11,14,17,36H,7-8,12-13H2,1-4H3,(H,28,35)(H,30,31,32)/t17-,26-/m1/s1. The summed E-state index contributed by atoms with van der Waals surface area (Å²) in [6.45, 7) is 5.58. The van der Waals surface area contributed by atoms with E-state index >= 15 is 0 Å². The minimum Gasteiger partial charge on any atom is -0.390 e. The maximum absolute atomic E-state index is 12.3. The van der Waals surface area contributed by atoms with E-state index in [1.807, 2.05) is 31.2 Å². The average Bonchev–Trinajstić information content (AvgIpc) is 3.37. The summed E-state index contributed by atoms with van der Waals surface area (Å²) in [4.78, 5) is 26.2. The van der Waals surface area contributed by atoms with E-state index < -0.39 is 11.0 Å². The highest BCUT2D eigenvalue weighted by Crippen LogP contribution is 2.39. The highest BCUT2D eigenvalue weighted by Gasteiger charge is 2.41. The molecule has 1 amide bonds. The van der Waals surface area contributed by atoms with Crippen LogP contribution in [0.3, 0.4) is 0 Å². The van der Waals surface area contributed by atoms with Gasteiger partial charge in [0.25, 0.3) is 0 Å². The van der Waals surface area contributed by atoms with Crippen LogP contribution in [0.5, 0.6) is 0 Å². The molecule has 5 rings (SSSR count). The van der Waals surface area contributed by atoms with E-state index in [9.17, 15) is 9.90 Å². The molecule has 3 aromatic heterocycles. The molecule has 4 aromatic rings. The number of rotatable bonds is 6. The number of aliphatic hydroxyl groups is 1. The van der Waals surface area contributed by atoms with Gasteiger partial charge in [0, 0.05) is 42.7 Å². The second-order valence-corrected chi connectivity index (χ2v) is 11.3. The average molecular weight is 552 g/mol. The van der Waals surface area contributed by atoms with Gasteiger partial charge in [0.15, 0.2) is 5.65 Å². The van der Waals surface area contributed by atoms with Crippen molar-refractivity contribution in [3.05, 3.63) is 46.8 Å². The highest BCUT2D eigenvalue weighted by atomic mass is 79.9. The summed E-state index contributed by atoms with van der Waals surface area (Å²) in [5.74, 6) is 0.569. The van der Waals surface area contributed by atoms with Gasteiger partial charge in [-0.15, -0.1) is 0 Å². The summed E-state index contributed by atoms with van der Waals surface area (Å²) in [5, 5.41) is 23.2. The highest BCUT2D eigenvalue weighted by molar-refractivity contribution is 9.10. The van der Waals surface area contributed by atoms with Crippen LogP contribution in [0.1, 0.15) is 45.6 Å². The van der Waals surface area contributed by atoms with E-state index in [1.54, 1.807) is 38.0 Å². The van der Waals surface area contributed by atoms with Crippen molar-refractivity contribution in [1.29, 1.82) is 0 Å². The van der Waals surface area contributed by atoms with E-state index in [0.29, 0.717) is 22.6 Å². The van der Waals surface area contributed by atoms with Crippen LogP contribution in [-0.4, -0.2) is 54.4 Å².